The number of ketones is 2. The van der Waals surface area contributed by atoms with Crippen LogP contribution in [0.1, 0.15) is 12.8 Å². The molecular weight excluding hydrogens is 508 g/mol. The lowest BCUT2D eigenvalue weighted by Gasteiger charge is -2.47. The Kier molecular flexibility index (Phi) is 3.85. The van der Waals surface area contributed by atoms with Crippen LogP contribution < -0.4 is 0 Å². The lowest BCUT2D eigenvalue weighted by atomic mass is 9.59. The monoisotopic (exact) mass is 514 g/mol. The number of fused-ring (bicyclic) bond motifs is 10. The van der Waals surface area contributed by atoms with Gasteiger partial charge in [-0.05, 0) is 12.8 Å². The molecule has 0 N–H and O–H groups in total. The van der Waals surface area contributed by atoms with E-state index in [1.807, 2.05) is 0 Å². The van der Waals surface area contributed by atoms with E-state index in [2.05, 4.69) is 0 Å². The molecule has 5 aliphatic carbocycles. The maximum Gasteiger partial charge on any atom is 0.144 e. The minimum absolute atomic E-state index is 0.115. The summed E-state index contributed by atoms with van der Waals surface area (Å²) < 4.78 is -1.50. The van der Waals surface area contributed by atoms with E-state index in [1.54, 1.807) is 0 Å². The molecule has 0 heterocycles. The van der Waals surface area contributed by atoms with E-state index in [0.29, 0.717) is 0 Å². The third kappa shape index (κ3) is 1.73. The average molecular weight is 518 g/mol. The molecule has 0 amide bonds. The Labute approximate surface area is 189 Å². The summed E-state index contributed by atoms with van der Waals surface area (Å²) in [4.78, 5) is 23.1. The van der Waals surface area contributed by atoms with E-state index < -0.39 is 53.9 Å². The SMILES string of the molecule is O=C1C2C3C(Cl)CC(Cl)(C2C(=O)C2C1C1(Cl)CC2(Cl)C(Cl)=C1Cl)C3(Cl)Cl. The van der Waals surface area contributed by atoms with Crippen LogP contribution in [0, 0.1) is 29.6 Å². The number of rotatable bonds is 0. The molecule has 0 aromatic carbocycles. The Balaban J connectivity index is 1.72. The minimum Gasteiger partial charge on any atom is -0.299 e. The molecule has 4 bridgehead atoms. The van der Waals surface area contributed by atoms with Gasteiger partial charge in [0, 0.05) is 17.2 Å². The molecule has 5 aliphatic rings. The van der Waals surface area contributed by atoms with Crippen LogP contribution in [0.2, 0.25) is 0 Å². The highest BCUT2D eigenvalue weighted by Crippen LogP contribution is 2.76. The van der Waals surface area contributed by atoms with Crippen molar-refractivity contribution >= 4 is 104 Å². The zero-order valence-corrected chi connectivity index (χ0v) is 18.8. The number of hydrogen-bond acceptors (Lipinski definition) is 2. The summed E-state index contributed by atoms with van der Waals surface area (Å²) in [5.74, 6) is -4.63. The molecule has 0 saturated heterocycles. The molecule has 0 aliphatic heterocycles. The Hall–Kier alpha value is 1.40. The first kappa shape index (κ1) is 19.4. The van der Waals surface area contributed by atoms with Crippen LogP contribution in [-0.2, 0) is 9.59 Å². The second-order valence-electron chi connectivity index (χ2n) is 8.02. The van der Waals surface area contributed by atoms with Crippen LogP contribution in [0.5, 0.6) is 0 Å². The van der Waals surface area contributed by atoms with Crippen molar-refractivity contribution in [3.05, 3.63) is 10.1 Å². The molecule has 9 unspecified atom stereocenters. The van der Waals surface area contributed by atoms with Gasteiger partial charge < -0.3 is 0 Å². The van der Waals surface area contributed by atoms with Crippen molar-refractivity contribution in [2.75, 3.05) is 0 Å². The number of halogens is 8. The molecule has 2 nitrogen and oxygen atoms in total. The van der Waals surface area contributed by atoms with Gasteiger partial charge in [0.05, 0.1) is 42.4 Å². The van der Waals surface area contributed by atoms with Crippen molar-refractivity contribution in [1.82, 2.24) is 0 Å². The van der Waals surface area contributed by atoms with Crippen LogP contribution in [0.3, 0.4) is 0 Å². The molecule has 142 valence electrons. The molecule has 0 aromatic heterocycles. The zero-order chi connectivity index (χ0) is 19.2. The number of carbonyl (C=O) groups excluding carboxylic acids is 2. The molecule has 0 spiro atoms. The number of hydrogen-bond donors (Lipinski definition) is 0. The highest BCUT2D eigenvalue weighted by Gasteiger charge is 2.84. The number of Topliss-reactive ketones (excluding diaryl/α,β-unsaturated/α-hetero) is 2. The molecule has 26 heavy (non-hydrogen) atoms. The van der Waals surface area contributed by atoms with Gasteiger partial charge in [-0.15, -0.1) is 46.4 Å². The van der Waals surface area contributed by atoms with Gasteiger partial charge in [-0.1, -0.05) is 46.4 Å². The molecule has 10 heteroatoms. The van der Waals surface area contributed by atoms with Crippen LogP contribution in [0.25, 0.3) is 0 Å². The van der Waals surface area contributed by atoms with Crippen molar-refractivity contribution in [2.24, 2.45) is 29.6 Å². The van der Waals surface area contributed by atoms with Gasteiger partial charge in [-0.2, -0.15) is 0 Å². The summed E-state index contributed by atoms with van der Waals surface area (Å²) in [5.41, 5.74) is 0. The van der Waals surface area contributed by atoms with Gasteiger partial charge >= 0.3 is 0 Å². The molecule has 4 fully saturated rings. The van der Waals surface area contributed by atoms with E-state index in [1.165, 1.54) is 0 Å². The summed E-state index contributed by atoms with van der Waals surface area (Å²) >= 11 is 52.4. The van der Waals surface area contributed by atoms with Gasteiger partial charge in [-0.3, -0.25) is 9.59 Å². The van der Waals surface area contributed by atoms with Crippen LogP contribution in [0.4, 0.5) is 0 Å². The van der Waals surface area contributed by atoms with E-state index in [9.17, 15) is 9.59 Å². The van der Waals surface area contributed by atoms with Crippen molar-refractivity contribution in [2.45, 2.75) is 37.2 Å². The standard InChI is InChI=1S/C16H10Cl8O2/c17-3-1-15(22)6-4(5(3)16(15,23)24)9(25)7-8(10(6)26)14(21)2-13(7,20)11(18)12(14)19/h3-8H,1-2H2. The fourth-order valence-electron chi connectivity index (χ4n) is 6.17. The lowest BCUT2D eigenvalue weighted by Crippen LogP contribution is -2.60. The number of alkyl halides is 6. The van der Waals surface area contributed by atoms with Crippen LogP contribution in [-0.4, -0.2) is 35.9 Å². The smallest absolute Gasteiger partial charge is 0.144 e. The normalized spacial score (nSPS) is 59.2. The first-order valence-corrected chi connectivity index (χ1v) is 11.1. The third-order valence-corrected chi connectivity index (χ3v) is 12.0. The maximum absolute atomic E-state index is 13.5. The fraction of sp³-hybridized carbons (Fsp3) is 0.750. The van der Waals surface area contributed by atoms with Crippen molar-refractivity contribution in [3.8, 4) is 0 Å². The number of allylic oxidation sites excluding steroid dienone is 2. The maximum atomic E-state index is 13.5. The second-order valence-corrected chi connectivity index (χ2v) is 12.8. The van der Waals surface area contributed by atoms with E-state index in [4.69, 9.17) is 92.8 Å². The molecule has 9 atom stereocenters. The summed E-state index contributed by atoms with van der Waals surface area (Å²) in [6.45, 7) is 0. The quantitative estimate of drug-likeness (QED) is 0.400. The van der Waals surface area contributed by atoms with Gasteiger partial charge in [0.1, 0.15) is 15.9 Å². The minimum atomic E-state index is -1.50. The van der Waals surface area contributed by atoms with Crippen molar-refractivity contribution in [1.29, 1.82) is 0 Å². The summed E-state index contributed by atoms with van der Waals surface area (Å²) in [5, 5.41) is -0.256. The highest BCUT2D eigenvalue weighted by atomic mass is 35.5. The Morgan fingerprint density at radius 1 is 0.808 bits per heavy atom. The predicted molar refractivity (Wildman–Crippen MR) is 105 cm³/mol. The summed E-state index contributed by atoms with van der Waals surface area (Å²) in [7, 11) is 0. The largest absolute Gasteiger partial charge is 0.299 e. The second kappa shape index (κ2) is 5.17. The van der Waals surface area contributed by atoms with E-state index >= 15 is 0 Å². The predicted octanol–water partition coefficient (Wildman–Crippen LogP) is 5.46. The summed E-state index contributed by atoms with van der Waals surface area (Å²) in [6, 6.07) is 0. The number of carbonyl (C=O) groups is 2. The summed E-state index contributed by atoms with van der Waals surface area (Å²) in [6.07, 6.45) is 0.348. The van der Waals surface area contributed by atoms with Crippen molar-refractivity contribution in [3.63, 3.8) is 0 Å². The van der Waals surface area contributed by atoms with E-state index in [-0.39, 0.29) is 34.5 Å². The fourth-order valence-corrected chi connectivity index (χ4v) is 10.4. The van der Waals surface area contributed by atoms with Crippen LogP contribution in [0.15, 0.2) is 10.1 Å². The lowest BCUT2D eigenvalue weighted by molar-refractivity contribution is -0.148. The van der Waals surface area contributed by atoms with Gasteiger partial charge in [0.2, 0.25) is 0 Å². The van der Waals surface area contributed by atoms with Crippen molar-refractivity contribution < 1.29 is 9.59 Å². The Morgan fingerprint density at radius 2 is 1.31 bits per heavy atom. The highest BCUT2D eigenvalue weighted by molar-refractivity contribution is 6.56. The molecule has 0 radical (unpaired) electrons. The van der Waals surface area contributed by atoms with Crippen LogP contribution >= 0.6 is 92.8 Å². The molecule has 0 aromatic rings. The first-order valence-electron chi connectivity index (χ1n) is 8.06. The van der Waals surface area contributed by atoms with Gasteiger partial charge in [0.15, 0.2) is 0 Å². The average Bonchev–Trinajstić information content (AvgIpc) is 3.02. The zero-order valence-electron chi connectivity index (χ0n) is 12.7. The Morgan fingerprint density at radius 3 is 1.85 bits per heavy atom. The Bertz CT molecular complexity index is 825. The topological polar surface area (TPSA) is 34.1 Å². The van der Waals surface area contributed by atoms with Gasteiger partial charge in [-0.25, -0.2) is 0 Å². The third-order valence-electron chi connectivity index (χ3n) is 7.10. The van der Waals surface area contributed by atoms with E-state index in [0.717, 1.165) is 0 Å². The first-order chi connectivity index (χ1) is 11.8. The molecule has 5 rings (SSSR count). The molecule has 4 saturated carbocycles. The van der Waals surface area contributed by atoms with Gasteiger partial charge in [0.25, 0.3) is 0 Å². The molecular formula is C16H10Cl8O2.